The molecule has 0 spiro atoms. The van der Waals surface area contributed by atoms with Crippen molar-refractivity contribution in [1.82, 2.24) is 10.2 Å². The molecule has 1 heterocycles. The van der Waals surface area contributed by atoms with E-state index in [0.29, 0.717) is 6.54 Å². The number of benzene rings is 1. The van der Waals surface area contributed by atoms with Gasteiger partial charge in [0.2, 0.25) is 17.7 Å². The van der Waals surface area contributed by atoms with E-state index in [-0.39, 0.29) is 24.3 Å². The fraction of sp³-hybridized carbons (Fsp3) is 0.357. The van der Waals surface area contributed by atoms with Crippen molar-refractivity contribution in [2.75, 3.05) is 11.9 Å². The summed E-state index contributed by atoms with van der Waals surface area (Å²) in [6.07, 6.45) is 0. The normalized spacial score (nSPS) is 15.7. The Kier molecular flexibility index (Phi) is 4.02. The first-order valence-corrected chi connectivity index (χ1v) is 6.41. The number of rotatable bonds is 2. The number of carbonyl (C=O) groups is 3. The molecule has 6 heteroatoms. The highest BCUT2D eigenvalue weighted by atomic mass is 16.2. The number of amides is 3. The zero-order chi connectivity index (χ0) is 14.7. The molecule has 0 saturated carbocycles. The number of fused-ring (bicyclic) bond motifs is 1. The van der Waals surface area contributed by atoms with Gasteiger partial charge in [0.1, 0.15) is 12.6 Å². The minimum atomic E-state index is -0.648. The molecule has 1 aromatic rings. The van der Waals surface area contributed by atoms with E-state index < -0.39 is 6.04 Å². The zero-order valence-electron chi connectivity index (χ0n) is 11.5. The first-order chi connectivity index (χ1) is 9.47. The lowest BCUT2D eigenvalue weighted by atomic mass is 10.1. The van der Waals surface area contributed by atoms with Crippen molar-refractivity contribution in [2.24, 2.45) is 0 Å². The van der Waals surface area contributed by atoms with Gasteiger partial charge in [-0.15, -0.1) is 0 Å². The van der Waals surface area contributed by atoms with Crippen LogP contribution >= 0.6 is 0 Å². The highest BCUT2D eigenvalue weighted by molar-refractivity contribution is 5.97. The maximum absolute atomic E-state index is 12.3. The van der Waals surface area contributed by atoms with Gasteiger partial charge in [-0.05, 0) is 18.6 Å². The van der Waals surface area contributed by atoms with Crippen LogP contribution in [0.25, 0.3) is 0 Å². The molecule has 2 rings (SSSR count). The molecular formula is C14H17N3O3. The average Bonchev–Trinajstić information content (AvgIpc) is 2.54. The summed E-state index contributed by atoms with van der Waals surface area (Å²) in [5.74, 6) is -0.782. The van der Waals surface area contributed by atoms with E-state index in [1.807, 2.05) is 18.2 Å². The number of para-hydroxylation sites is 1. The summed E-state index contributed by atoms with van der Waals surface area (Å²) in [6.45, 7) is 3.29. The maximum Gasteiger partial charge on any atom is 0.245 e. The van der Waals surface area contributed by atoms with Crippen LogP contribution < -0.4 is 10.6 Å². The van der Waals surface area contributed by atoms with Crippen molar-refractivity contribution in [2.45, 2.75) is 26.4 Å². The molecule has 20 heavy (non-hydrogen) atoms. The van der Waals surface area contributed by atoms with Gasteiger partial charge in [0.05, 0.1) is 0 Å². The van der Waals surface area contributed by atoms with E-state index in [1.54, 1.807) is 13.0 Å². The molecular weight excluding hydrogens is 258 g/mol. The first-order valence-electron chi connectivity index (χ1n) is 6.41. The van der Waals surface area contributed by atoms with E-state index in [1.165, 1.54) is 11.8 Å². The van der Waals surface area contributed by atoms with Gasteiger partial charge in [0.15, 0.2) is 0 Å². The smallest absolute Gasteiger partial charge is 0.245 e. The lowest BCUT2D eigenvalue weighted by Gasteiger charge is -2.23. The van der Waals surface area contributed by atoms with Crippen molar-refractivity contribution in [3.8, 4) is 0 Å². The Morgan fingerprint density at radius 3 is 2.70 bits per heavy atom. The largest absolute Gasteiger partial charge is 0.345 e. The molecule has 0 aromatic heterocycles. The molecule has 0 aliphatic carbocycles. The third-order valence-corrected chi connectivity index (χ3v) is 3.09. The predicted octanol–water partition coefficient (Wildman–Crippen LogP) is 0.492. The van der Waals surface area contributed by atoms with Crippen molar-refractivity contribution in [3.63, 3.8) is 0 Å². The Morgan fingerprint density at radius 1 is 1.30 bits per heavy atom. The van der Waals surface area contributed by atoms with E-state index in [4.69, 9.17) is 0 Å². The van der Waals surface area contributed by atoms with Gasteiger partial charge in [-0.3, -0.25) is 14.4 Å². The molecule has 0 fully saturated rings. The summed E-state index contributed by atoms with van der Waals surface area (Å²) in [7, 11) is 0. The van der Waals surface area contributed by atoms with E-state index in [0.717, 1.165) is 11.3 Å². The number of anilines is 1. The number of hydrogen-bond donors (Lipinski definition) is 2. The van der Waals surface area contributed by atoms with Gasteiger partial charge in [0.25, 0.3) is 0 Å². The van der Waals surface area contributed by atoms with Crippen LogP contribution in [0.1, 0.15) is 19.4 Å². The van der Waals surface area contributed by atoms with Gasteiger partial charge >= 0.3 is 0 Å². The molecule has 1 aliphatic heterocycles. The van der Waals surface area contributed by atoms with Crippen molar-refractivity contribution in [1.29, 1.82) is 0 Å². The maximum atomic E-state index is 12.3. The van der Waals surface area contributed by atoms with Crippen molar-refractivity contribution < 1.29 is 14.4 Å². The summed E-state index contributed by atoms with van der Waals surface area (Å²) < 4.78 is 0. The molecule has 106 valence electrons. The monoisotopic (exact) mass is 275 g/mol. The van der Waals surface area contributed by atoms with Crippen LogP contribution in [0, 0.1) is 0 Å². The van der Waals surface area contributed by atoms with Gasteiger partial charge in [-0.2, -0.15) is 0 Å². The molecule has 1 aromatic carbocycles. The van der Waals surface area contributed by atoms with E-state index in [2.05, 4.69) is 10.6 Å². The first kappa shape index (κ1) is 14.0. The minimum absolute atomic E-state index is 0.0164. The molecule has 1 unspecified atom stereocenters. The highest BCUT2D eigenvalue weighted by Crippen LogP contribution is 2.20. The summed E-state index contributed by atoms with van der Waals surface area (Å²) in [5, 5.41) is 5.30. The summed E-state index contributed by atoms with van der Waals surface area (Å²) >= 11 is 0. The SMILES string of the molecule is CC(=O)NC(C)C(=O)N1CC(=O)Nc2ccccc2C1. The van der Waals surface area contributed by atoms with Crippen LogP contribution in [0.4, 0.5) is 5.69 Å². The van der Waals surface area contributed by atoms with Crippen LogP contribution in [0.3, 0.4) is 0 Å². The Bertz CT molecular complexity index is 556. The quantitative estimate of drug-likeness (QED) is 0.824. The van der Waals surface area contributed by atoms with Crippen LogP contribution in [0.5, 0.6) is 0 Å². The molecule has 1 atom stereocenters. The number of hydrogen-bond acceptors (Lipinski definition) is 3. The standard InChI is InChI=1S/C14H17N3O3/c1-9(15-10(2)18)14(20)17-7-11-5-3-4-6-12(11)16-13(19)8-17/h3-6,9H,7-8H2,1-2H3,(H,15,18)(H,16,19). The number of nitrogens with zero attached hydrogens (tertiary/aromatic N) is 1. The highest BCUT2D eigenvalue weighted by Gasteiger charge is 2.26. The van der Waals surface area contributed by atoms with Gasteiger partial charge < -0.3 is 15.5 Å². The third kappa shape index (κ3) is 3.14. The Labute approximate surface area is 117 Å². The molecule has 2 N–H and O–H groups in total. The minimum Gasteiger partial charge on any atom is -0.345 e. The molecule has 3 amide bonds. The molecule has 0 bridgehead atoms. The average molecular weight is 275 g/mol. The van der Waals surface area contributed by atoms with Crippen LogP contribution in [-0.4, -0.2) is 35.2 Å². The molecule has 6 nitrogen and oxygen atoms in total. The van der Waals surface area contributed by atoms with Crippen LogP contribution in [0.2, 0.25) is 0 Å². The Balaban J connectivity index is 2.19. The summed E-state index contributed by atoms with van der Waals surface area (Å²) in [6, 6.07) is 6.71. The van der Waals surface area contributed by atoms with Gasteiger partial charge in [0, 0.05) is 19.2 Å². The fourth-order valence-corrected chi connectivity index (χ4v) is 2.20. The Hall–Kier alpha value is -2.37. The topological polar surface area (TPSA) is 78.5 Å². The van der Waals surface area contributed by atoms with Crippen molar-refractivity contribution in [3.05, 3.63) is 29.8 Å². The lowest BCUT2D eigenvalue weighted by Crippen LogP contribution is -2.47. The Morgan fingerprint density at radius 2 is 2.00 bits per heavy atom. The zero-order valence-corrected chi connectivity index (χ0v) is 11.5. The van der Waals surface area contributed by atoms with Crippen LogP contribution in [0.15, 0.2) is 24.3 Å². The number of nitrogens with one attached hydrogen (secondary N) is 2. The molecule has 0 saturated heterocycles. The third-order valence-electron chi connectivity index (χ3n) is 3.09. The lowest BCUT2D eigenvalue weighted by molar-refractivity contribution is -0.138. The summed E-state index contributed by atoms with van der Waals surface area (Å²) in [5.41, 5.74) is 1.60. The van der Waals surface area contributed by atoms with Gasteiger partial charge in [-0.25, -0.2) is 0 Å². The second kappa shape index (κ2) is 5.73. The second-order valence-corrected chi connectivity index (χ2v) is 4.82. The van der Waals surface area contributed by atoms with Crippen LogP contribution in [-0.2, 0) is 20.9 Å². The van der Waals surface area contributed by atoms with E-state index in [9.17, 15) is 14.4 Å². The van der Waals surface area contributed by atoms with E-state index >= 15 is 0 Å². The molecule has 1 aliphatic rings. The molecule has 0 radical (unpaired) electrons. The van der Waals surface area contributed by atoms with Gasteiger partial charge in [-0.1, -0.05) is 18.2 Å². The predicted molar refractivity (Wildman–Crippen MR) is 73.8 cm³/mol. The van der Waals surface area contributed by atoms with Crippen molar-refractivity contribution >= 4 is 23.4 Å². The number of carbonyl (C=O) groups excluding carboxylic acids is 3. The fourth-order valence-electron chi connectivity index (χ4n) is 2.20. The summed E-state index contributed by atoms with van der Waals surface area (Å²) in [4.78, 5) is 36.5. The second-order valence-electron chi connectivity index (χ2n) is 4.82.